The lowest BCUT2D eigenvalue weighted by molar-refractivity contribution is -0.115. The number of hydrogen-bond donors (Lipinski definition) is 1. The van der Waals surface area contributed by atoms with E-state index < -0.39 is 0 Å². The van der Waals surface area contributed by atoms with Crippen molar-refractivity contribution < 1.29 is 9.21 Å². The molecule has 0 aliphatic heterocycles. The van der Waals surface area contributed by atoms with Crippen LogP contribution in [0.4, 0.5) is 5.69 Å². The Bertz CT molecular complexity index is 824. The molecule has 1 aromatic carbocycles. The van der Waals surface area contributed by atoms with E-state index in [0.717, 1.165) is 15.7 Å². The molecule has 3 rings (SSSR count). The maximum Gasteiger partial charge on any atom is 0.277 e. The Morgan fingerprint density at radius 1 is 1.25 bits per heavy atom. The van der Waals surface area contributed by atoms with E-state index in [1.807, 2.05) is 30.3 Å². The fourth-order valence-electron chi connectivity index (χ4n) is 1.85. The fourth-order valence-corrected chi connectivity index (χ4v) is 2.79. The average molecular weight is 405 g/mol. The topological polar surface area (TPSA) is 80.9 Å². The molecule has 122 valence electrons. The summed E-state index contributed by atoms with van der Waals surface area (Å²) in [5.74, 6) is 0.245. The lowest BCUT2D eigenvalue weighted by Crippen LogP contribution is -2.22. The van der Waals surface area contributed by atoms with Crippen LogP contribution < -0.4 is 5.32 Å². The Balaban J connectivity index is 1.62. The van der Waals surface area contributed by atoms with Gasteiger partial charge >= 0.3 is 0 Å². The molecule has 8 heteroatoms. The van der Waals surface area contributed by atoms with Crippen molar-refractivity contribution in [2.75, 3.05) is 5.32 Å². The van der Waals surface area contributed by atoms with E-state index in [1.54, 1.807) is 25.4 Å². The lowest BCUT2D eigenvalue weighted by atomic mass is 10.3. The first-order valence-electron chi connectivity index (χ1n) is 7.09. The summed E-state index contributed by atoms with van der Waals surface area (Å²) >= 11 is 4.57. The molecule has 0 bridgehead atoms. The molecule has 1 atom stereocenters. The van der Waals surface area contributed by atoms with E-state index in [9.17, 15) is 4.79 Å². The van der Waals surface area contributed by atoms with Gasteiger partial charge < -0.3 is 9.73 Å². The SMILES string of the molecule is CC(Sc1nnc(-c2cccnc2)o1)C(=O)Nc1ccc(Br)cc1. The third-order valence-electron chi connectivity index (χ3n) is 3.07. The van der Waals surface area contributed by atoms with Crippen LogP contribution in [0.5, 0.6) is 0 Å². The minimum atomic E-state index is -0.379. The van der Waals surface area contributed by atoms with Crippen molar-refractivity contribution in [3.8, 4) is 11.5 Å². The van der Waals surface area contributed by atoms with Gasteiger partial charge in [0.25, 0.3) is 5.22 Å². The van der Waals surface area contributed by atoms with E-state index in [2.05, 4.69) is 36.4 Å². The van der Waals surface area contributed by atoms with Crippen LogP contribution in [0.25, 0.3) is 11.5 Å². The molecule has 0 saturated heterocycles. The van der Waals surface area contributed by atoms with Crippen LogP contribution in [-0.2, 0) is 4.79 Å². The van der Waals surface area contributed by atoms with Crippen LogP contribution in [0.15, 0.2) is 62.9 Å². The summed E-state index contributed by atoms with van der Waals surface area (Å²) in [5, 5.41) is 10.8. The number of nitrogens with one attached hydrogen (secondary N) is 1. The van der Waals surface area contributed by atoms with Crippen molar-refractivity contribution in [1.29, 1.82) is 0 Å². The first-order valence-corrected chi connectivity index (χ1v) is 8.76. The van der Waals surface area contributed by atoms with Crippen molar-refractivity contribution in [1.82, 2.24) is 15.2 Å². The van der Waals surface area contributed by atoms with Crippen LogP contribution in [-0.4, -0.2) is 26.3 Å². The summed E-state index contributed by atoms with van der Waals surface area (Å²) in [6.07, 6.45) is 3.32. The quantitative estimate of drug-likeness (QED) is 0.646. The molecule has 0 aliphatic carbocycles. The summed E-state index contributed by atoms with van der Waals surface area (Å²) in [6, 6.07) is 11.0. The standard InChI is InChI=1S/C16H13BrN4O2S/c1-10(14(22)19-13-6-4-12(17)5-7-13)24-16-21-20-15(23-16)11-3-2-8-18-9-11/h2-10H,1H3,(H,19,22). The number of carbonyl (C=O) groups is 1. The maximum absolute atomic E-state index is 12.2. The number of anilines is 1. The van der Waals surface area contributed by atoms with E-state index in [0.29, 0.717) is 11.1 Å². The van der Waals surface area contributed by atoms with Gasteiger partial charge in [-0.25, -0.2) is 0 Å². The minimum Gasteiger partial charge on any atom is -0.411 e. The van der Waals surface area contributed by atoms with Gasteiger partial charge in [0.2, 0.25) is 11.8 Å². The van der Waals surface area contributed by atoms with Crippen LogP contribution in [0, 0.1) is 0 Å². The molecule has 2 aromatic heterocycles. The van der Waals surface area contributed by atoms with Crippen molar-refractivity contribution >= 4 is 39.3 Å². The van der Waals surface area contributed by atoms with Gasteiger partial charge in [-0.05, 0) is 43.3 Å². The van der Waals surface area contributed by atoms with Gasteiger partial charge in [0, 0.05) is 22.6 Å². The maximum atomic E-state index is 12.2. The monoisotopic (exact) mass is 404 g/mol. The third kappa shape index (κ3) is 4.21. The molecule has 0 fully saturated rings. The molecule has 1 amide bonds. The summed E-state index contributed by atoms with van der Waals surface area (Å²) in [6.45, 7) is 1.78. The van der Waals surface area contributed by atoms with Crippen molar-refractivity contribution in [3.05, 3.63) is 53.3 Å². The highest BCUT2D eigenvalue weighted by atomic mass is 79.9. The normalized spacial score (nSPS) is 11.9. The Labute approximate surface area is 151 Å². The summed E-state index contributed by atoms with van der Waals surface area (Å²) in [5.41, 5.74) is 1.47. The van der Waals surface area contributed by atoms with Gasteiger partial charge in [-0.15, -0.1) is 10.2 Å². The Kier molecular flexibility index (Phi) is 5.27. The van der Waals surface area contributed by atoms with E-state index in [4.69, 9.17) is 4.42 Å². The Morgan fingerprint density at radius 3 is 2.75 bits per heavy atom. The lowest BCUT2D eigenvalue weighted by Gasteiger charge is -2.09. The zero-order valence-corrected chi connectivity index (χ0v) is 15.0. The molecular formula is C16H13BrN4O2S. The highest BCUT2D eigenvalue weighted by Gasteiger charge is 2.19. The molecule has 0 saturated carbocycles. The van der Waals surface area contributed by atoms with Crippen molar-refractivity contribution in [3.63, 3.8) is 0 Å². The summed E-state index contributed by atoms with van der Waals surface area (Å²) in [4.78, 5) is 16.2. The van der Waals surface area contributed by atoms with Gasteiger partial charge in [0.15, 0.2) is 0 Å². The molecule has 0 aliphatic rings. The van der Waals surface area contributed by atoms with Crippen molar-refractivity contribution in [2.24, 2.45) is 0 Å². The number of thioether (sulfide) groups is 1. The zero-order chi connectivity index (χ0) is 16.9. The number of pyridine rings is 1. The summed E-state index contributed by atoms with van der Waals surface area (Å²) < 4.78 is 6.53. The molecule has 1 N–H and O–H groups in total. The van der Waals surface area contributed by atoms with Gasteiger partial charge in [-0.2, -0.15) is 0 Å². The number of halogens is 1. The molecule has 2 heterocycles. The highest BCUT2D eigenvalue weighted by molar-refractivity contribution is 9.10. The molecule has 3 aromatic rings. The predicted molar refractivity (Wildman–Crippen MR) is 95.6 cm³/mol. The third-order valence-corrected chi connectivity index (χ3v) is 4.54. The van der Waals surface area contributed by atoms with E-state index in [1.165, 1.54) is 11.8 Å². The smallest absolute Gasteiger partial charge is 0.277 e. The van der Waals surface area contributed by atoms with Crippen molar-refractivity contribution in [2.45, 2.75) is 17.4 Å². The van der Waals surface area contributed by atoms with Crippen LogP contribution in [0.1, 0.15) is 6.92 Å². The number of nitrogens with zero attached hydrogens (tertiary/aromatic N) is 3. The first kappa shape index (κ1) is 16.7. The average Bonchev–Trinajstić information content (AvgIpc) is 3.06. The van der Waals surface area contributed by atoms with Crippen LogP contribution in [0.3, 0.4) is 0 Å². The number of amides is 1. The number of rotatable bonds is 5. The van der Waals surface area contributed by atoms with Gasteiger partial charge in [0.05, 0.1) is 10.8 Å². The number of hydrogen-bond acceptors (Lipinski definition) is 6. The molecular weight excluding hydrogens is 392 g/mol. The number of carbonyl (C=O) groups excluding carboxylic acids is 1. The van der Waals surface area contributed by atoms with Crippen LogP contribution >= 0.6 is 27.7 Å². The largest absolute Gasteiger partial charge is 0.411 e. The highest BCUT2D eigenvalue weighted by Crippen LogP contribution is 2.26. The van der Waals surface area contributed by atoms with Gasteiger partial charge in [0.1, 0.15) is 0 Å². The summed E-state index contributed by atoms with van der Waals surface area (Å²) in [7, 11) is 0. The second-order valence-corrected chi connectivity index (χ2v) is 7.08. The Morgan fingerprint density at radius 2 is 2.04 bits per heavy atom. The molecule has 0 radical (unpaired) electrons. The predicted octanol–water partition coefficient (Wildman–Crippen LogP) is 4.01. The zero-order valence-electron chi connectivity index (χ0n) is 12.6. The minimum absolute atomic E-state index is 0.136. The number of aromatic nitrogens is 3. The van der Waals surface area contributed by atoms with Crippen LogP contribution in [0.2, 0.25) is 0 Å². The second kappa shape index (κ2) is 7.59. The molecule has 0 spiro atoms. The van der Waals surface area contributed by atoms with Gasteiger partial charge in [-0.1, -0.05) is 27.7 Å². The molecule has 1 unspecified atom stereocenters. The first-order chi connectivity index (χ1) is 11.6. The fraction of sp³-hybridized carbons (Fsp3) is 0.125. The molecule has 24 heavy (non-hydrogen) atoms. The Hall–Kier alpha value is -2.19. The second-order valence-electron chi connectivity index (χ2n) is 4.87. The van der Waals surface area contributed by atoms with E-state index in [-0.39, 0.29) is 11.2 Å². The molecule has 6 nitrogen and oxygen atoms in total. The number of benzene rings is 1. The van der Waals surface area contributed by atoms with Gasteiger partial charge in [-0.3, -0.25) is 9.78 Å². The van der Waals surface area contributed by atoms with E-state index >= 15 is 0 Å².